The Labute approximate surface area is 218 Å². The molecule has 0 bridgehead atoms. The van der Waals surface area contributed by atoms with Crippen molar-refractivity contribution in [2.75, 3.05) is 18.4 Å². The Morgan fingerprint density at radius 3 is 2.53 bits per heavy atom. The Kier molecular flexibility index (Phi) is 7.22. The summed E-state index contributed by atoms with van der Waals surface area (Å²) in [6.07, 6.45) is -1.27. The van der Waals surface area contributed by atoms with Crippen LogP contribution in [0.5, 0.6) is 0 Å². The van der Waals surface area contributed by atoms with Gasteiger partial charge in [0.05, 0.1) is 10.9 Å². The van der Waals surface area contributed by atoms with E-state index in [2.05, 4.69) is 15.3 Å². The van der Waals surface area contributed by atoms with E-state index >= 15 is 0 Å². The lowest BCUT2D eigenvalue weighted by Crippen LogP contribution is -2.39. The summed E-state index contributed by atoms with van der Waals surface area (Å²) in [5.74, 6) is 0.392. The van der Waals surface area contributed by atoms with Gasteiger partial charge in [-0.1, -0.05) is 18.2 Å². The van der Waals surface area contributed by atoms with Crippen LogP contribution in [0.15, 0.2) is 47.5 Å². The van der Waals surface area contributed by atoms with Crippen molar-refractivity contribution >= 4 is 28.5 Å². The van der Waals surface area contributed by atoms with Gasteiger partial charge in [0.15, 0.2) is 0 Å². The Hall–Kier alpha value is -3.89. The van der Waals surface area contributed by atoms with E-state index in [4.69, 9.17) is 4.74 Å². The zero-order valence-electron chi connectivity index (χ0n) is 21.9. The number of nitrogens with one attached hydrogen (secondary N) is 1. The zero-order valence-corrected chi connectivity index (χ0v) is 21.9. The molecule has 0 saturated heterocycles. The molecule has 0 spiro atoms. The van der Waals surface area contributed by atoms with Gasteiger partial charge >= 0.3 is 12.3 Å². The minimum atomic E-state index is -4.45. The van der Waals surface area contributed by atoms with Gasteiger partial charge in [-0.15, -0.1) is 0 Å². The molecule has 1 amide bonds. The minimum absolute atomic E-state index is 0.245. The standard InChI is InChI=1S/C27H30F3N5O3/c1-16(18-7-6-8-19(13-18)27(28,29)30)33-22-21-14-20(24(36)34(5)23(21)32-15-31-22)17-9-11-35(12-10-17)25(37)38-26(2,3)4/h6-9,13-16H,10-12H2,1-5H3,(H,31,32,33). The normalized spacial score (nSPS) is 15.3. The van der Waals surface area contributed by atoms with Gasteiger partial charge in [-0.05, 0) is 63.5 Å². The summed E-state index contributed by atoms with van der Waals surface area (Å²) >= 11 is 0. The average Bonchev–Trinajstić information content (AvgIpc) is 2.85. The largest absolute Gasteiger partial charge is 0.444 e. The van der Waals surface area contributed by atoms with Crippen LogP contribution < -0.4 is 10.9 Å². The van der Waals surface area contributed by atoms with E-state index in [9.17, 15) is 22.8 Å². The molecule has 1 aromatic carbocycles. The van der Waals surface area contributed by atoms with Crippen LogP contribution in [0.25, 0.3) is 16.6 Å². The first-order valence-electron chi connectivity index (χ1n) is 12.2. The number of benzene rings is 1. The fourth-order valence-corrected chi connectivity index (χ4v) is 4.29. The van der Waals surface area contributed by atoms with E-state index in [0.29, 0.717) is 47.5 Å². The summed E-state index contributed by atoms with van der Waals surface area (Å²) in [5.41, 5.74) is 0.481. The van der Waals surface area contributed by atoms with Crippen LogP contribution in [0.4, 0.5) is 23.8 Å². The van der Waals surface area contributed by atoms with Crippen LogP contribution in [-0.2, 0) is 18.0 Å². The van der Waals surface area contributed by atoms with E-state index < -0.39 is 29.5 Å². The van der Waals surface area contributed by atoms with Gasteiger partial charge < -0.3 is 15.0 Å². The molecular formula is C27H30F3N5O3. The van der Waals surface area contributed by atoms with Gasteiger partial charge in [0.25, 0.3) is 5.56 Å². The third-order valence-corrected chi connectivity index (χ3v) is 6.28. The molecule has 38 heavy (non-hydrogen) atoms. The first-order chi connectivity index (χ1) is 17.7. The van der Waals surface area contributed by atoms with E-state index in [1.54, 1.807) is 51.8 Å². The van der Waals surface area contributed by atoms with Gasteiger partial charge in [0.2, 0.25) is 0 Å². The maximum atomic E-state index is 13.2. The highest BCUT2D eigenvalue weighted by Gasteiger charge is 2.31. The molecular weight excluding hydrogens is 499 g/mol. The minimum Gasteiger partial charge on any atom is -0.444 e. The Morgan fingerprint density at radius 1 is 1.16 bits per heavy atom. The number of amides is 1. The van der Waals surface area contributed by atoms with Gasteiger partial charge in [0, 0.05) is 31.7 Å². The number of fused-ring (bicyclic) bond motifs is 1. The molecule has 8 nitrogen and oxygen atoms in total. The van der Waals surface area contributed by atoms with Crippen molar-refractivity contribution in [1.29, 1.82) is 0 Å². The molecule has 202 valence electrons. The SMILES string of the molecule is CC(Nc1ncnc2c1cc(C1=CCN(C(=O)OC(C)(C)C)CC1)c(=O)n2C)c1cccc(C(F)(F)F)c1. The van der Waals surface area contributed by atoms with Crippen molar-refractivity contribution in [3.05, 3.63) is 69.8 Å². The molecule has 3 aromatic rings. The maximum absolute atomic E-state index is 13.2. The number of aryl methyl sites for hydroxylation is 1. The van der Waals surface area contributed by atoms with Crippen molar-refractivity contribution in [3.63, 3.8) is 0 Å². The number of pyridine rings is 1. The Morgan fingerprint density at radius 2 is 1.89 bits per heavy atom. The summed E-state index contributed by atoms with van der Waals surface area (Å²) in [7, 11) is 1.61. The third kappa shape index (κ3) is 5.81. The van der Waals surface area contributed by atoms with Crippen LogP contribution >= 0.6 is 0 Å². The number of ether oxygens (including phenoxy) is 1. The van der Waals surface area contributed by atoms with Crippen LogP contribution in [0.2, 0.25) is 0 Å². The fourth-order valence-electron chi connectivity index (χ4n) is 4.29. The predicted molar refractivity (Wildman–Crippen MR) is 139 cm³/mol. The van der Waals surface area contributed by atoms with Crippen molar-refractivity contribution in [2.45, 2.75) is 51.9 Å². The number of nitrogens with zero attached hydrogens (tertiary/aromatic N) is 4. The molecule has 0 radical (unpaired) electrons. The first-order valence-corrected chi connectivity index (χ1v) is 12.2. The molecule has 1 unspecified atom stereocenters. The third-order valence-electron chi connectivity index (χ3n) is 6.28. The van der Waals surface area contributed by atoms with E-state index in [1.807, 2.05) is 6.08 Å². The molecule has 3 heterocycles. The maximum Gasteiger partial charge on any atom is 0.416 e. The van der Waals surface area contributed by atoms with Crippen LogP contribution in [0.3, 0.4) is 0 Å². The molecule has 11 heteroatoms. The summed E-state index contributed by atoms with van der Waals surface area (Å²) in [5, 5.41) is 3.73. The zero-order chi connectivity index (χ0) is 27.8. The summed E-state index contributed by atoms with van der Waals surface area (Å²) in [4.78, 5) is 35.8. The van der Waals surface area contributed by atoms with Gasteiger partial charge in [-0.3, -0.25) is 9.36 Å². The molecule has 1 aliphatic heterocycles. The summed E-state index contributed by atoms with van der Waals surface area (Å²) in [6.45, 7) is 7.84. The van der Waals surface area contributed by atoms with Crippen LogP contribution in [0.1, 0.15) is 56.8 Å². The predicted octanol–water partition coefficient (Wildman–Crippen LogP) is 5.54. The molecule has 1 atom stereocenters. The number of anilines is 1. The lowest BCUT2D eigenvalue weighted by atomic mass is 9.99. The van der Waals surface area contributed by atoms with E-state index in [0.717, 1.165) is 17.7 Å². The summed E-state index contributed by atoms with van der Waals surface area (Å²) in [6, 6.07) is 6.31. The van der Waals surface area contributed by atoms with Crippen molar-refractivity contribution in [1.82, 2.24) is 19.4 Å². The number of halogens is 3. The summed E-state index contributed by atoms with van der Waals surface area (Å²) < 4.78 is 46.5. The second-order valence-corrected chi connectivity index (χ2v) is 10.3. The van der Waals surface area contributed by atoms with Crippen molar-refractivity contribution in [2.24, 2.45) is 7.05 Å². The highest BCUT2D eigenvalue weighted by molar-refractivity contribution is 5.89. The number of hydrogen-bond donors (Lipinski definition) is 1. The monoisotopic (exact) mass is 529 g/mol. The van der Waals surface area contributed by atoms with Gasteiger partial charge in [-0.2, -0.15) is 13.2 Å². The Balaban J connectivity index is 1.65. The highest BCUT2D eigenvalue weighted by atomic mass is 19.4. The fraction of sp³-hybridized carbons (Fsp3) is 0.407. The molecule has 2 aromatic heterocycles. The van der Waals surface area contributed by atoms with Crippen LogP contribution in [0, 0.1) is 0 Å². The Bertz CT molecular complexity index is 1460. The molecule has 0 fully saturated rings. The molecule has 0 saturated carbocycles. The van der Waals surface area contributed by atoms with Gasteiger partial charge in [-0.25, -0.2) is 14.8 Å². The van der Waals surface area contributed by atoms with E-state index in [-0.39, 0.29) is 5.56 Å². The van der Waals surface area contributed by atoms with Crippen LogP contribution in [-0.4, -0.2) is 44.2 Å². The molecule has 4 rings (SSSR count). The molecule has 1 N–H and O–H groups in total. The number of rotatable bonds is 4. The lowest BCUT2D eigenvalue weighted by Gasteiger charge is -2.29. The van der Waals surface area contributed by atoms with Crippen molar-refractivity contribution < 1.29 is 22.7 Å². The number of carbonyl (C=O) groups excluding carboxylic acids is 1. The number of carbonyl (C=O) groups is 1. The second-order valence-electron chi connectivity index (χ2n) is 10.3. The molecule has 0 aliphatic carbocycles. The molecule has 1 aliphatic rings. The quantitative estimate of drug-likeness (QED) is 0.477. The van der Waals surface area contributed by atoms with Crippen molar-refractivity contribution in [3.8, 4) is 0 Å². The number of hydrogen-bond acceptors (Lipinski definition) is 6. The second kappa shape index (κ2) is 10.1. The number of alkyl halides is 3. The first kappa shape index (κ1) is 27.2. The highest BCUT2D eigenvalue weighted by Crippen LogP contribution is 2.32. The smallest absolute Gasteiger partial charge is 0.416 e. The number of aromatic nitrogens is 3. The lowest BCUT2D eigenvalue weighted by molar-refractivity contribution is -0.137. The van der Waals surface area contributed by atoms with Gasteiger partial charge in [0.1, 0.15) is 23.4 Å². The average molecular weight is 530 g/mol. The topological polar surface area (TPSA) is 89.4 Å². The van der Waals surface area contributed by atoms with E-state index in [1.165, 1.54) is 17.0 Å².